The normalized spacial score (nSPS) is 16.8. The maximum Gasteiger partial charge on any atom is 0.234 e. The van der Waals surface area contributed by atoms with E-state index in [2.05, 4.69) is 46.2 Å². The molecule has 0 saturated heterocycles. The van der Waals surface area contributed by atoms with Gasteiger partial charge >= 0.3 is 0 Å². The Bertz CT molecular complexity index is 583. The summed E-state index contributed by atoms with van der Waals surface area (Å²) in [5.74, 6) is 0.348. The molecular weight excluding hydrogens is 310 g/mol. The van der Waals surface area contributed by atoms with Gasteiger partial charge in [0.25, 0.3) is 0 Å². The molecule has 2 nitrogen and oxygen atoms in total. The first-order valence-corrected chi connectivity index (χ1v) is 9.93. The van der Waals surface area contributed by atoms with Gasteiger partial charge in [-0.25, -0.2) is 0 Å². The van der Waals surface area contributed by atoms with Gasteiger partial charge in [0.05, 0.1) is 5.41 Å². The van der Waals surface area contributed by atoms with Gasteiger partial charge in [0, 0.05) is 18.0 Å². The Hall–Kier alpha value is -1.13. The van der Waals surface area contributed by atoms with Crippen LogP contribution in [0.1, 0.15) is 49.5 Å². The fourth-order valence-electron chi connectivity index (χ4n) is 3.52. The molecule has 0 aliphatic heterocycles. The molecular formula is C18H23NOS2. The highest BCUT2D eigenvalue weighted by atomic mass is 32.1. The molecule has 4 heteroatoms. The van der Waals surface area contributed by atoms with Gasteiger partial charge in [-0.05, 0) is 53.1 Å². The second kappa shape index (κ2) is 6.97. The summed E-state index contributed by atoms with van der Waals surface area (Å²) in [6, 6.07) is 6.37. The monoisotopic (exact) mass is 333 g/mol. The van der Waals surface area contributed by atoms with Crippen molar-refractivity contribution in [1.29, 1.82) is 0 Å². The molecule has 22 heavy (non-hydrogen) atoms. The molecule has 118 valence electrons. The molecule has 3 rings (SSSR count). The number of amides is 1. The molecule has 1 amide bonds. The van der Waals surface area contributed by atoms with Crippen LogP contribution >= 0.6 is 22.7 Å². The zero-order chi connectivity index (χ0) is 15.4. The Labute approximate surface area is 140 Å². The van der Waals surface area contributed by atoms with E-state index in [9.17, 15) is 4.79 Å². The zero-order valence-corrected chi connectivity index (χ0v) is 14.7. The SMILES string of the molecule is CCCN(Cc1ccsc1)C(=O)C1(c2cccs2)CCCC1. The van der Waals surface area contributed by atoms with E-state index in [1.165, 1.54) is 23.3 Å². The Kier molecular flexibility index (Phi) is 4.99. The van der Waals surface area contributed by atoms with Crippen LogP contribution in [0.2, 0.25) is 0 Å². The number of carbonyl (C=O) groups is 1. The first-order valence-electron chi connectivity index (χ1n) is 8.11. The van der Waals surface area contributed by atoms with Crippen molar-refractivity contribution in [2.45, 2.75) is 51.0 Å². The molecule has 0 atom stereocenters. The molecule has 2 aromatic heterocycles. The fraction of sp³-hybridized carbons (Fsp3) is 0.500. The second-order valence-electron chi connectivity index (χ2n) is 6.12. The van der Waals surface area contributed by atoms with E-state index in [1.807, 2.05) is 0 Å². The van der Waals surface area contributed by atoms with Gasteiger partial charge in [0.1, 0.15) is 0 Å². The highest BCUT2D eigenvalue weighted by Crippen LogP contribution is 2.44. The third-order valence-corrected chi connectivity index (χ3v) is 6.40. The Morgan fingerprint density at radius 1 is 1.27 bits per heavy atom. The number of hydrogen-bond acceptors (Lipinski definition) is 3. The largest absolute Gasteiger partial charge is 0.338 e. The van der Waals surface area contributed by atoms with Gasteiger partial charge in [-0.1, -0.05) is 25.8 Å². The summed E-state index contributed by atoms with van der Waals surface area (Å²) >= 11 is 3.45. The van der Waals surface area contributed by atoms with Crippen LogP contribution in [0, 0.1) is 0 Å². The fourth-order valence-corrected chi connectivity index (χ4v) is 5.16. The van der Waals surface area contributed by atoms with E-state index in [0.717, 1.165) is 32.4 Å². The van der Waals surface area contributed by atoms with E-state index >= 15 is 0 Å². The summed E-state index contributed by atoms with van der Waals surface area (Å²) in [4.78, 5) is 16.8. The van der Waals surface area contributed by atoms with E-state index in [1.54, 1.807) is 22.7 Å². The average molecular weight is 334 g/mol. The van der Waals surface area contributed by atoms with Crippen LogP contribution in [0.4, 0.5) is 0 Å². The molecule has 0 unspecified atom stereocenters. The summed E-state index contributed by atoms with van der Waals surface area (Å²) in [7, 11) is 0. The zero-order valence-electron chi connectivity index (χ0n) is 13.1. The topological polar surface area (TPSA) is 20.3 Å². The van der Waals surface area contributed by atoms with Crippen molar-refractivity contribution >= 4 is 28.6 Å². The molecule has 0 radical (unpaired) electrons. The third-order valence-electron chi connectivity index (χ3n) is 4.59. The van der Waals surface area contributed by atoms with E-state index in [0.29, 0.717) is 5.91 Å². The van der Waals surface area contributed by atoms with Crippen LogP contribution in [0.15, 0.2) is 34.3 Å². The summed E-state index contributed by atoms with van der Waals surface area (Å²) in [5, 5.41) is 6.35. The lowest BCUT2D eigenvalue weighted by molar-refractivity contribution is -0.138. The van der Waals surface area contributed by atoms with Crippen LogP contribution in [0.3, 0.4) is 0 Å². The van der Waals surface area contributed by atoms with Crippen molar-refractivity contribution in [1.82, 2.24) is 4.90 Å². The number of carbonyl (C=O) groups excluding carboxylic acids is 1. The first-order chi connectivity index (χ1) is 10.8. The predicted octanol–water partition coefficient (Wildman–Crippen LogP) is 5.06. The summed E-state index contributed by atoms with van der Waals surface area (Å²) in [5.41, 5.74) is 1.01. The quantitative estimate of drug-likeness (QED) is 0.723. The molecule has 1 aliphatic carbocycles. The lowest BCUT2D eigenvalue weighted by atomic mass is 9.82. The number of rotatable bonds is 6. The van der Waals surface area contributed by atoms with Crippen LogP contribution in [-0.2, 0) is 16.8 Å². The Balaban J connectivity index is 1.87. The standard InChI is InChI=1S/C18H23NOS2/c1-2-10-19(13-15-7-12-21-14-15)17(20)18(8-3-4-9-18)16-6-5-11-22-16/h5-7,11-12,14H,2-4,8-10,13H2,1H3. The summed E-state index contributed by atoms with van der Waals surface area (Å²) < 4.78 is 0. The van der Waals surface area contributed by atoms with E-state index in [4.69, 9.17) is 0 Å². The highest BCUT2D eigenvalue weighted by molar-refractivity contribution is 7.10. The van der Waals surface area contributed by atoms with Crippen LogP contribution in [0.5, 0.6) is 0 Å². The highest BCUT2D eigenvalue weighted by Gasteiger charge is 2.45. The number of hydrogen-bond donors (Lipinski definition) is 0. The lowest BCUT2D eigenvalue weighted by Crippen LogP contribution is -2.45. The Morgan fingerprint density at radius 3 is 2.68 bits per heavy atom. The van der Waals surface area contributed by atoms with Gasteiger partial charge in [-0.2, -0.15) is 11.3 Å². The van der Waals surface area contributed by atoms with Crippen molar-refractivity contribution in [3.05, 3.63) is 44.8 Å². The van der Waals surface area contributed by atoms with Crippen molar-refractivity contribution < 1.29 is 4.79 Å². The lowest BCUT2D eigenvalue weighted by Gasteiger charge is -2.34. The number of nitrogens with zero attached hydrogens (tertiary/aromatic N) is 1. The maximum atomic E-state index is 13.4. The van der Waals surface area contributed by atoms with Crippen LogP contribution < -0.4 is 0 Å². The van der Waals surface area contributed by atoms with Crippen molar-refractivity contribution in [2.75, 3.05) is 6.54 Å². The molecule has 1 aliphatic rings. The smallest absolute Gasteiger partial charge is 0.234 e. The second-order valence-corrected chi connectivity index (χ2v) is 7.85. The molecule has 0 bridgehead atoms. The van der Waals surface area contributed by atoms with Gasteiger partial charge in [-0.3, -0.25) is 4.79 Å². The van der Waals surface area contributed by atoms with E-state index < -0.39 is 0 Å². The van der Waals surface area contributed by atoms with Gasteiger partial charge < -0.3 is 4.90 Å². The molecule has 0 aromatic carbocycles. The maximum absolute atomic E-state index is 13.4. The van der Waals surface area contributed by atoms with Gasteiger partial charge in [0.2, 0.25) is 5.91 Å². The molecule has 1 fully saturated rings. The first kappa shape index (κ1) is 15.8. The van der Waals surface area contributed by atoms with Crippen molar-refractivity contribution in [3.8, 4) is 0 Å². The van der Waals surface area contributed by atoms with Crippen molar-refractivity contribution in [3.63, 3.8) is 0 Å². The molecule has 2 heterocycles. The summed E-state index contributed by atoms with van der Waals surface area (Å²) in [6.07, 6.45) is 5.37. The van der Waals surface area contributed by atoms with Crippen LogP contribution in [0.25, 0.3) is 0 Å². The summed E-state index contributed by atoms with van der Waals surface area (Å²) in [6.45, 7) is 3.76. The Morgan fingerprint density at radius 2 is 2.09 bits per heavy atom. The molecule has 0 spiro atoms. The minimum Gasteiger partial charge on any atom is -0.338 e. The van der Waals surface area contributed by atoms with Crippen LogP contribution in [-0.4, -0.2) is 17.4 Å². The molecule has 0 N–H and O–H groups in total. The molecule has 1 saturated carbocycles. The average Bonchev–Trinajstić information content (AvgIpc) is 3.26. The predicted molar refractivity (Wildman–Crippen MR) is 94.5 cm³/mol. The number of thiophene rings is 2. The van der Waals surface area contributed by atoms with Crippen molar-refractivity contribution in [2.24, 2.45) is 0 Å². The van der Waals surface area contributed by atoms with Gasteiger partial charge in [-0.15, -0.1) is 11.3 Å². The minimum absolute atomic E-state index is 0.251. The van der Waals surface area contributed by atoms with E-state index in [-0.39, 0.29) is 5.41 Å². The minimum atomic E-state index is -0.251. The molecule has 2 aromatic rings. The van der Waals surface area contributed by atoms with Gasteiger partial charge in [0.15, 0.2) is 0 Å². The third kappa shape index (κ3) is 2.99.